The Labute approximate surface area is 235 Å². The summed E-state index contributed by atoms with van der Waals surface area (Å²) in [6.07, 6.45) is 17.7. The predicted octanol–water partition coefficient (Wildman–Crippen LogP) is 7.31. The second kappa shape index (κ2) is 14.9. The average Bonchev–Trinajstić information content (AvgIpc) is 3.38. The number of nitrogens with zero attached hydrogens (tertiary/aromatic N) is 3. The van der Waals surface area contributed by atoms with E-state index in [0.717, 1.165) is 12.0 Å². The molecule has 0 aliphatic heterocycles. The summed E-state index contributed by atoms with van der Waals surface area (Å²) in [6, 6.07) is 9.16. The highest BCUT2D eigenvalue weighted by Crippen LogP contribution is 2.21. The standard InChI is InChI=1S/C27H28N4O3S.C4H8/c1-5-18(3)11-10-14-20(6-2)26-30-23(17-34-26)19(4)29-22-15-28-25(21-12-8-7-9-13-21)31(27(22)33)16-24(32)35;1-2-4-3-1/h6-15,17,29H,4-5,16H2,1-3H3,(H,32,35);1-4H2/b14-10-,18-11?,20-6+;. The van der Waals surface area contributed by atoms with Gasteiger partial charge in [0.2, 0.25) is 11.0 Å². The van der Waals surface area contributed by atoms with Crippen molar-refractivity contribution in [3.05, 3.63) is 101 Å². The highest BCUT2D eigenvalue weighted by Gasteiger charge is 2.16. The lowest BCUT2D eigenvalue weighted by molar-refractivity contribution is -0.111. The summed E-state index contributed by atoms with van der Waals surface area (Å²) >= 11 is 3.85. The quantitative estimate of drug-likeness (QED) is 0.205. The predicted molar refractivity (Wildman–Crippen MR) is 162 cm³/mol. The van der Waals surface area contributed by atoms with Gasteiger partial charge in [-0.2, -0.15) is 0 Å². The van der Waals surface area contributed by atoms with E-state index < -0.39 is 10.7 Å². The molecule has 8 heteroatoms. The fourth-order valence-corrected chi connectivity index (χ4v) is 3.57. The van der Waals surface area contributed by atoms with Crippen LogP contribution in [0.2, 0.25) is 0 Å². The van der Waals surface area contributed by atoms with Gasteiger partial charge >= 0.3 is 0 Å². The van der Waals surface area contributed by atoms with E-state index in [4.69, 9.17) is 4.42 Å². The molecular formula is C31H36N4O3S. The fraction of sp³-hybridized carbons (Fsp3) is 0.290. The number of aromatic nitrogens is 3. The Morgan fingerprint density at radius 3 is 2.49 bits per heavy atom. The van der Waals surface area contributed by atoms with Gasteiger partial charge in [0.05, 0.1) is 18.4 Å². The normalized spacial score (nSPS) is 13.4. The third kappa shape index (κ3) is 8.55. The highest BCUT2D eigenvalue weighted by molar-refractivity contribution is 7.96. The van der Waals surface area contributed by atoms with Gasteiger partial charge in [0.15, 0.2) is 0 Å². The van der Waals surface area contributed by atoms with Gasteiger partial charge in [-0.05, 0) is 26.3 Å². The van der Waals surface area contributed by atoms with Crippen LogP contribution >= 0.6 is 12.6 Å². The van der Waals surface area contributed by atoms with Crippen LogP contribution in [0.1, 0.15) is 64.5 Å². The summed E-state index contributed by atoms with van der Waals surface area (Å²) in [6.45, 7) is 9.84. The zero-order valence-corrected chi connectivity index (χ0v) is 23.7. The molecule has 0 unspecified atom stereocenters. The number of anilines is 1. The molecule has 0 radical (unpaired) electrons. The Bertz CT molecular complexity index is 1420. The molecule has 0 saturated heterocycles. The maximum absolute atomic E-state index is 13.2. The molecule has 0 bridgehead atoms. The molecule has 1 N–H and O–H groups in total. The molecule has 2 aromatic heterocycles. The van der Waals surface area contributed by atoms with E-state index in [1.54, 1.807) is 0 Å². The maximum Gasteiger partial charge on any atom is 0.277 e. The van der Waals surface area contributed by atoms with Gasteiger partial charge in [-0.3, -0.25) is 14.2 Å². The summed E-state index contributed by atoms with van der Waals surface area (Å²) in [5.74, 6) is 0.801. The van der Waals surface area contributed by atoms with Crippen molar-refractivity contribution in [3.63, 3.8) is 0 Å². The monoisotopic (exact) mass is 544 g/mol. The lowest BCUT2D eigenvalue weighted by Gasteiger charge is -2.13. The first-order valence-corrected chi connectivity index (χ1v) is 13.6. The zero-order valence-electron chi connectivity index (χ0n) is 22.8. The third-order valence-electron chi connectivity index (χ3n) is 6.24. The largest absolute Gasteiger partial charge is 0.444 e. The number of allylic oxidation sites excluding steroid dienone is 6. The molecular weight excluding hydrogens is 508 g/mol. The van der Waals surface area contributed by atoms with E-state index in [2.05, 4.69) is 48.3 Å². The lowest BCUT2D eigenvalue weighted by atomic mass is 10.0. The molecule has 1 aliphatic rings. The van der Waals surface area contributed by atoms with Gasteiger partial charge < -0.3 is 9.73 Å². The topological polar surface area (TPSA) is 90.0 Å². The van der Waals surface area contributed by atoms with E-state index in [-0.39, 0.29) is 12.2 Å². The molecule has 204 valence electrons. The molecule has 2 heterocycles. The minimum atomic E-state index is -0.459. The number of thiol groups is 1. The number of nitrogens with one attached hydrogen (secondary N) is 1. The molecule has 39 heavy (non-hydrogen) atoms. The van der Waals surface area contributed by atoms with Crippen molar-refractivity contribution < 1.29 is 9.21 Å². The van der Waals surface area contributed by atoms with Crippen molar-refractivity contribution in [2.24, 2.45) is 0 Å². The summed E-state index contributed by atoms with van der Waals surface area (Å²) in [5.41, 5.74) is 3.31. The number of rotatable bonds is 10. The first kappa shape index (κ1) is 29.6. The van der Waals surface area contributed by atoms with Gasteiger partial charge in [-0.25, -0.2) is 9.97 Å². The smallest absolute Gasteiger partial charge is 0.277 e. The number of carbonyl (C=O) groups excluding carboxylic acids is 1. The SMILES string of the molecule is C1CCC1.C=C(Nc1cnc(-c2ccccc2)n(CC(=O)S)c1=O)c1coc(C(/C=C\C=C(C)CC)=C/C)n1. The van der Waals surface area contributed by atoms with E-state index in [9.17, 15) is 9.59 Å². The molecule has 0 spiro atoms. The number of carbonyl (C=O) groups is 1. The van der Waals surface area contributed by atoms with E-state index in [0.29, 0.717) is 28.7 Å². The molecule has 4 rings (SSSR count). The second-order valence-corrected chi connectivity index (χ2v) is 9.67. The van der Waals surface area contributed by atoms with E-state index in [1.165, 1.54) is 48.3 Å². The minimum Gasteiger partial charge on any atom is -0.444 e. The van der Waals surface area contributed by atoms with Crippen molar-refractivity contribution >= 4 is 34.7 Å². The van der Waals surface area contributed by atoms with Crippen molar-refractivity contribution in [3.8, 4) is 11.4 Å². The van der Waals surface area contributed by atoms with Crippen LogP contribution in [0.4, 0.5) is 5.69 Å². The molecule has 7 nitrogen and oxygen atoms in total. The van der Waals surface area contributed by atoms with Gasteiger partial charge in [0.1, 0.15) is 23.5 Å². The zero-order chi connectivity index (χ0) is 28.2. The van der Waals surface area contributed by atoms with E-state index in [1.807, 2.05) is 61.6 Å². The molecule has 1 saturated carbocycles. The summed E-state index contributed by atoms with van der Waals surface area (Å²) in [4.78, 5) is 33.8. The summed E-state index contributed by atoms with van der Waals surface area (Å²) in [5, 5.41) is 2.50. The van der Waals surface area contributed by atoms with Crippen molar-refractivity contribution in [1.29, 1.82) is 0 Å². The van der Waals surface area contributed by atoms with Crippen molar-refractivity contribution in [2.45, 2.75) is 59.4 Å². The van der Waals surface area contributed by atoms with Gasteiger partial charge in [-0.1, -0.05) is 93.3 Å². The number of oxazole rings is 1. The van der Waals surface area contributed by atoms with Crippen LogP contribution in [0.25, 0.3) is 22.7 Å². The highest BCUT2D eigenvalue weighted by atomic mass is 32.1. The van der Waals surface area contributed by atoms with Crippen LogP contribution in [0, 0.1) is 0 Å². The van der Waals surface area contributed by atoms with Crippen LogP contribution in [0.5, 0.6) is 0 Å². The third-order valence-corrected chi connectivity index (χ3v) is 6.39. The Kier molecular flexibility index (Phi) is 11.3. The molecule has 0 atom stereocenters. The Hall–Kier alpha value is -3.91. The fourth-order valence-electron chi connectivity index (χ4n) is 3.42. The number of hydrogen-bond donors (Lipinski definition) is 2. The van der Waals surface area contributed by atoms with Crippen LogP contribution in [-0.2, 0) is 11.3 Å². The Morgan fingerprint density at radius 2 is 1.90 bits per heavy atom. The van der Waals surface area contributed by atoms with Crippen LogP contribution in [0.15, 0.2) is 88.5 Å². The first-order chi connectivity index (χ1) is 18.8. The first-order valence-electron chi connectivity index (χ1n) is 13.1. The average molecular weight is 545 g/mol. The van der Waals surface area contributed by atoms with Crippen LogP contribution < -0.4 is 10.9 Å². The van der Waals surface area contributed by atoms with Gasteiger partial charge in [0, 0.05) is 11.1 Å². The minimum absolute atomic E-state index is 0.153. The summed E-state index contributed by atoms with van der Waals surface area (Å²) in [7, 11) is 0. The maximum atomic E-state index is 13.2. The second-order valence-electron chi connectivity index (χ2n) is 9.17. The molecule has 3 aromatic rings. The van der Waals surface area contributed by atoms with Crippen molar-refractivity contribution in [1.82, 2.24) is 14.5 Å². The van der Waals surface area contributed by atoms with E-state index >= 15 is 0 Å². The lowest BCUT2D eigenvalue weighted by Crippen LogP contribution is -2.27. The van der Waals surface area contributed by atoms with Crippen LogP contribution in [-0.4, -0.2) is 19.7 Å². The molecule has 1 fully saturated rings. The van der Waals surface area contributed by atoms with Gasteiger partial charge in [-0.15, -0.1) is 12.6 Å². The van der Waals surface area contributed by atoms with Gasteiger partial charge in [0.25, 0.3) is 5.56 Å². The summed E-state index contributed by atoms with van der Waals surface area (Å²) < 4.78 is 6.92. The molecule has 1 aromatic carbocycles. The Balaban J connectivity index is 0.000000960. The van der Waals surface area contributed by atoms with Crippen LogP contribution in [0.3, 0.4) is 0 Å². The Morgan fingerprint density at radius 1 is 1.21 bits per heavy atom. The molecule has 0 amide bonds. The molecule has 1 aliphatic carbocycles. The van der Waals surface area contributed by atoms with Crippen molar-refractivity contribution in [2.75, 3.05) is 5.32 Å². The number of benzene rings is 1. The number of hydrogen-bond acceptors (Lipinski definition) is 6.